The van der Waals surface area contributed by atoms with E-state index in [-0.39, 0.29) is 5.88 Å². The Labute approximate surface area is 160 Å². The number of nitrogens with zero attached hydrogens (tertiary/aromatic N) is 2. The third-order valence-corrected chi connectivity index (χ3v) is 3.88. The molecule has 1 amide bonds. The molecule has 8 heteroatoms. The maximum Gasteiger partial charge on any atom is 0.271 e. The Hall–Kier alpha value is -3.68. The Morgan fingerprint density at radius 2 is 1.82 bits per heavy atom. The Balaban J connectivity index is 1.76. The van der Waals surface area contributed by atoms with E-state index in [4.69, 9.17) is 9.47 Å². The Kier molecular flexibility index (Phi) is 5.69. The number of hydrogen-bond acceptors (Lipinski definition) is 5. The van der Waals surface area contributed by atoms with E-state index in [1.165, 1.54) is 43.5 Å². The van der Waals surface area contributed by atoms with Crippen molar-refractivity contribution in [1.82, 2.24) is 9.78 Å². The van der Waals surface area contributed by atoms with Crippen molar-refractivity contribution in [3.8, 4) is 17.3 Å². The first-order valence-electron chi connectivity index (χ1n) is 8.45. The lowest BCUT2D eigenvalue weighted by atomic mass is 10.2. The summed E-state index contributed by atoms with van der Waals surface area (Å²) in [5.74, 6) is -0.241. The summed E-state index contributed by atoms with van der Waals surface area (Å²) in [5, 5.41) is 6.81. The van der Waals surface area contributed by atoms with Crippen molar-refractivity contribution in [3.63, 3.8) is 0 Å². The molecule has 2 aromatic carbocycles. The van der Waals surface area contributed by atoms with E-state index >= 15 is 0 Å². The fraction of sp³-hybridized carbons (Fsp3) is 0.150. The van der Waals surface area contributed by atoms with E-state index in [0.29, 0.717) is 17.1 Å². The van der Waals surface area contributed by atoms with Crippen LogP contribution in [-0.4, -0.2) is 28.9 Å². The van der Waals surface area contributed by atoms with Gasteiger partial charge < -0.3 is 14.8 Å². The van der Waals surface area contributed by atoms with Crippen LogP contribution >= 0.6 is 0 Å². The SMILES string of the molecule is COc1ccccc1NC(=O)[C@@H](C)Oc1ccc(=O)n(-c2ccc(F)cc2)n1. The van der Waals surface area contributed by atoms with Gasteiger partial charge in [-0.25, -0.2) is 4.39 Å². The molecular formula is C20H18FN3O4. The summed E-state index contributed by atoms with van der Waals surface area (Å²) >= 11 is 0. The summed E-state index contributed by atoms with van der Waals surface area (Å²) < 4.78 is 24.9. The topological polar surface area (TPSA) is 82.5 Å². The number of ether oxygens (including phenoxy) is 2. The molecular weight excluding hydrogens is 365 g/mol. The standard InChI is InChI=1S/C20H18FN3O4/c1-13(20(26)22-16-5-3-4-6-17(16)27-2)28-18-11-12-19(25)24(23-18)15-9-7-14(21)8-10-15/h3-13H,1-2H3,(H,22,26)/t13-/m1/s1. The number of rotatable bonds is 6. The van der Waals surface area contributed by atoms with Crippen LogP contribution in [0.5, 0.6) is 11.6 Å². The van der Waals surface area contributed by atoms with Gasteiger partial charge >= 0.3 is 0 Å². The van der Waals surface area contributed by atoms with Gasteiger partial charge in [-0.1, -0.05) is 12.1 Å². The maximum atomic E-state index is 13.1. The summed E-state index contributed by atoms with van der Waals surface area (Å²) in [6.45, 7) is 1.56. The number of carbonyl (C=O) groups is 1. The lowest BCUT2D eigenvalue weighted by molar-refractivity contribution is -0.122. The number of aromatic nitrogens is 2. The molecule has 0 aliphatic heterocycles. The van der Waals surface area contributed by atoms with E-state index in [2.05, 4.69) is 10.4 Å². The van der Waals surface area contributed by atoms with Crippen molar-refractivity contribution >= 4 is 11.6 Å². The van der Waals surface area contributed by atoms with Gasteiger partial charge in [0.2, 0.25) is 5.88 Å². The molecule has 1 atom stereocenters. The van der Waals surface area contributed by atoms with Gasteiger partial charge in [-0.3, -0.25) is 9.59 Å². The number of carbonyl (C=O) groups excluding carboxylic acids is 1. The molecule has 0 aliphatic rings. The molecule has 1 N–H and O–H groups in total. The minimum atomic E-state index is -0.892. The molecule has 0 unspecified atom stereocenters. The number of hydrogen-bond donors (Lipinski definition) is 1. The first-order valence-corrected chi connectivity index (χ1v) is 8.45. The second kappa shape index (κ2) is 8.34. The zero-order chi connectivity index (χ0) is 20.1. The molecule has 0 bridgehead atoms. The van der Waals surface area contributed by atoms with Crippen LogP contribution in [0.4, 0.5) is 10.1 Å². The second-order valence-corrected chi connectivity index (χ2v) is 5.85. The van der Waals surface area contributed by atoms with Crippen LogP contribution in [-0.2, 0) is 4.79 Å². The predicted octanol–water partition coefficient (Wildman–Crippen LogP) is 2.79. The van der Waals surface area contributed by atoms with Crippen molar-refractivity contribution in [2.24, 2.45) is 0 Å². The number of methoxy groups -OCH3 is 1. The zero-order valence-corrected chi connectivity index (χ0v) is 15.3. The molecule has 0 saturated carbocycles. The molecule has 0 aliphatic carbocycles. The minimum Gasteiger partial charge on any atom is -0.495 e. The predicted molar refractivity (Wildman–Crippen MR) is 102 cm³/mol. The number of halogens is 1. The summed E-state index contributed by atoms with van der Waals surface area (Å²) in [6, 6.07) is 14.9. The van der Waals surface area contributed by atoms with E-state index < -0.39 is 23.4 Å². The van der Waals surface area contributed by atoms with E-state index in [9.17, 15) is 14.0 Å². The average molecular weight is 383 g/mol. The van der Waals surface area contributed by atoms with Gasteiger partial charge in [0.1, 0.15) is 11.6 Å². The van der Waals surface area contributed by atoms with Crippen LogP contribution in [0.3, 0.4) is 0 Å². The molecule has 0 saturated heterocycles. The Morgan fingerprint density at radius 1 is 1.11 bits per heavy atom. The third kappa shape index (κ3) is 4.35. The van der Waals surface area contributed by atoms with Gasteiger partial charge in [0.25, 0.3) is 11.5 Å². The summed E-state index contributed by atoms with van der Waals surface area (Å²) in [7, 11) is 1.51. The molecule has 1 heterocycles. The number of nitrogens with one attached hydrogen (secondary N) is 1. The van der Waals surface area contributed by atoms with Gasteiger partial charge in [0.05, 0.1) is 18.5 Å². The normalized spacial score (nSPS) is 11.5. The largest absolute Gasteiger partial charge is 0.495 e. The monoisotopic (exact) mass is 383 g/mol. The van der Waals surface area contributed by atoms with Crippen molar-refractivity contribution < 1.29 is 18.7 Å². The smallest absolute Gasteiger partial charge is 0.271 e. The van der Waals surface area contributed by atoms with Gasteiger partial charge in [-0.2, -0.15) is 4.68 Å². The Morgan fingerprint density at radius 3 is 2.54 bits per heavy atom. The summed E-state index contributed by atoms with van der Waals surface area (Å²) in [5.41, 5.74) is 0.475. The zero-order valence-electron chi connectivity index (χ0n) is 15.3. The lowest BCUT2D eigenvalue weighted by Crippen LogP contribution is -2.31. The Bertz CT molecular complexity index is 1030. The van der Waals surface area contributed by atoms with Crippen LogP contribution in [0.15, 0.2) is 65.5 Å². The average Bonchev–Trinajstić information content (AvgIpc) is 2.70. The molecule has 3 aromatic rings. The highest BCUT2D eigenvalue weighted by molar-refractivity contribution is 5.95. The van der Waals surface area contributed by atoms with Gasteiger partial charge in [-0.15, -0.1) is 5.10 Å². The van der Waals surface area contributed by atoms with Crippen LogP contribution in [0.25, 0.3) is 5.69 Å². The van der Waals surface area contributed by atoms with Gasteiger partial charge in [0, 0.05) is 12.1 Å². The molecule has 28 heavy (non-hydrogen) atoms. The van der Waals surface area contributed by atoms with Crippen LogP contribution in [0.1, 0.15) is 6.92 Å². The highest BCUT2D eigenvalue weighted by Gasteiger charge is 2.18. The molecule has 7 nitrogen and oxygen atoms in total. The summed E-state index contributed by atoms with van der Waals surface area (Å²) in [6.07, 6.45) is -0.892. The molecule has 0 spiro atoms. The fourth-order valence-corrected chi connectivity index (χ4v) is 2.44. The van der Waals surface area contributed by atoms with Crippen LogP contribution < -0.4 is 20.3 Å². The van der Waals surface area contributed by atoms with Crippen molar-refractivity contribution in [2.75, 3.05) is 12.4 Å². The van der Waals surface area contributed by atoms with E-state index in [1.807, 2.05) is 0 Å². The summed E-state index contributed by atoms with van der Waals surface area (Å²) in [4.78, 5) is 24.5. The van der Waals surface area contributed by atoms with Crippen LogP contribution in [0, 0.1) is 5.82 Å². The molecule has 0 radical (unpaired) electrons. The van der Waals surface area contributed by atoms with Crippen molar-refractivity contribution in [1.29, 1.82) is 0 Å². The first kappa shape index (κ1) is 19.1. The minimum absolute atomic E-state index is 0.0756. The fourth-order valence-electron chi connectivity index (χ4n) is 2.44. The van der Waals surface area contributed by atoms with E-state index in [1.54, 1.807) is 31.2 Å². The lowest BCUT2D eigenvalue weighted by Gasteiger charge is -2.16. The number of para-hydroxylation sites is 2. The van der Waals surface area contributed by atoms with Gasteiger partial charge in [0.15, 0.2) is 6.10 Å². The molecule has 1 aromatic heterocycles. The van der Waals surface area contributed by atoms with Crippen molar-refractivity contribution in [3.05, 3.63) is 76.8 Å². The van der Waals surface area contributed by atoms with Crippen LogP contribution in [0.2, 0.25) is 0 Å². The quantitative estimate of drug-likeness (QED) is 0.708. The second-order valence-electron chi connectivity index (χ2n) is 5.85. The molecule has 144 valence electrons. The van der Waals surface area contributed by atoms with Gasteiger partial charge in [-0.05, 0) is 43.3 Å². The molecule has 0 fully saturated rings. The third-order valence-electron chi connectivity index (χ3n) is 3.88. The van der Waals surface area contributed by atoms with Crippen molar-refractivity contribution in [2.45, 2.75) is 13.0 Å². The number of benzene rings is 2. The van der Waals surface area contributed by atoms with E-state index in [0.717, 1.165) is 4.68 Å². The molecule has 3 rings (SSSR count). The highest BCUT2D eigenvalue weighted by Crippen LogP contribution is 2.23. The highest BCUT2D eigenvalue weighted by atomic mass is 19.1. The number of anilines is 1. The number of amides is 1. The maximum absolute atomic E-state index is 13.1. The first-order chi connectivity index (χ1) is 13.5.